The van der Waals surface area contributed by atoms with Crippen LogP contribution in [0, 0.1) is 13.8 Å². The first-order chi connectivity index (χ1) is 26.3. The summed E-state index contributed by atoms with van der Waals surface area (Å²) in [5.74, 6) is -0.0511. The third kappa shape index (κ3) is 7.82. The van der Waals surface area contributed by atoms with Crippen LogP contribution in [0.5, 0.6) is 0 Å². The fraction of sp³-hybridized carbons (Fsp3) is 0.333. The van der Waals surface area contributed by atoms with Crippen molar-refractivity contribution in [1.82, 2.24) is 19.5 Å². The summed E-state index contributed by atoms with van der Waals surface area (Å²) in [4.78, 5) is 26.7. The van der Waals surface area contributed by atoms with Gasteiger partial charge in [-0.25, -0.2) is 15.0 Å². The van der Waals surface area contributed by atoms with E-state index in [4.69, 9.17) is 13.9 Å². The molecule has 56 heavy (non-hydrogen) atoms. The van der Waals surface area contributed by atoms with E-state index in [1.54, 1.807) is 35.2 Å². The molecule has 0 radical (unpaired) electrons. The SMILES string of the molecule is C.Cc1ccc(C(OC[C@H]2O[C@@H](n3cnc4c(NC(=O)c5ccccc5)ncnc43)C(O[Si](C)(C)C(C)(C)C)[C@H]2O)(c2ccccc2)c2ccc(C)cc2)cc1. The number of amides is 1. The second-order valence-electron chi connectivity index (χ2n) is 15.9. The van der Waals surface area contributed by atoms with E-state index in [2.05, 4.69) is 129 Å². The first kappa shape index (κ1) is 40.6. The maximum Gasteiger partial charge on any atom is 0.256 e. The minimum atomic E-state index is -2.47. The number of benzene rings is 4. The van der Waals surface area contributed by atoms with Gasteiger partial charge in [-0.15, -0.1) is 0 Å². The van der Waals surface area contributed by atoms with E-state index in [-0.39, 0.29) is 30.8 Å². The molecule has 1 aliphatic rings. The molecule has 11 heteroatoms. The van der Waals surface area contributed by atoms with Crippen LogP contribution in [-0.4, -0.2) is 63.8 Å². The quantitative estimate of drug-likeness (QED) is 0.0990. The van der Waals surface area contributed by atoms with Crippen molar-refractivity contribution in [3.63, 3.8) is 0 Å². The number of hydrogen-bond acceptors (Lipinski definition) is 8. The van der Waals surface area contributed by atoms with Crippen LogP contribution in [0.4, 0.5) is 5.82 Å². The molecule has 6 aromatic rings. The molecule has 3 heterocycles. The Morgan fingerprint density at radius 2 is 1.38 bits per heavy atom. The summed E-state index contributed by atoms with van der Waals surface area (Å²) in [5.41, 5.74) is 5.40. The summed E-state index contributed by atoms with van der Waals surface area (Å²) in [5, 5.41) is 15.0. The minimum Gasteiger partial charge on any atom is -0.407 e. The van der Waals surface area contributed by atoms with E-state index in [0.717, 1.165) is 27.8 Å². The summed E-state index contributed by atoms with van der Waals surface area (Å²) < 4.78 is 22.8. The van der Waals surface area contributed by atoms with E-state index >= 15 is 0 Å². The molecule has 7 rings (SSSR count). The Balaban J connectivity index is 0.00000532. The topological polar surface area (TPSA) is 121 Å². The number of fused-ring (bicyclic) bond motifs is 1. The van der Waals surface area contributed by atoms with Crippen LogP contribution in [0.15, 0.2) is 122 Å². The van der Waals surface area contributed by atoms with Crippen LogP contribution in [0.3, 0.4) is 0 Å². The molecule has 4 atom stereocenters. The summed E-state index contributed by atoms with van der Waals surface area (Å²) in [7, 11) is -2.47. The largest absolute Gasteiger partial charge is 0.407 e. The Morgan fingerprint density at radius 1 is 0.821 bits per heavy atom. The Kier molecular flexibility index (Phi) is 11.8. The predicted molar refractivity (Wildman–Crippen MR) is 223 cm³/mol. The number of ether oxygens (including phenoxy) is 2. The normalized spacial score (nSPS) is 18.8. The number of aliphatic hydroxyl groups is 1. The fourth-order valence-corrected chi connectivity index (χ4v) is 8.12. The van der Waals surface area contributed by atoms with Crippen molar-refractivity contribution >= 4 is 31.2 Å². The van der Waals surface area contributed by atoms with Gasteiger partial charge in [-0.2, -0.15) is 0 Å². The number of anilines is 1. The molecule has 10 nitrogen and oxygen atoms in total. The van der Waals surface area contributed by atoms with Crippen LogP contribution < -0.4 is 5.32 Å². The molecule has 1 aliphatic heterocycles. The number of aromatic nitrogens is 4. The average Bonchev–Trinajstić information content (AvgIpc) is 3.74. The summed E-state index contributed by atoms with van der Waals surface area (Å²) in [6, 6.07) is 35.9. The number of rotatable bonds is 11. The standard InChI is InChI=1S/C44H49N5O5Si.CH4/c1-29-18-22-33(23-19-29)44(32-16-12-9-13-17-32,34-24-20-30(2)21-25-34)52-26-35-37(50)38(54-55(6,7)43(3,4)5)42(53-35)49-28-47-36-39(45-27-46-40(36)49)48-41(51)31-14-10-8-11-15-31;/h8-25,27-28,35,37-38,42,50H,26H2,1-7H3,(H,45,46,48,51);1H4/t35-,37+,38?,42-;/m1./s1. The number of imidazole rings is 1. The number of nitrogens with one attached hydrogen (secondary N) is 1. The van der Waals surface area contributed by atoms with E-state index in [1.807, 2.05) is 24.3 Å². The molecule has 1 amide bonds. The van der Waals surface area contributed by atoms with Gasteiger partial charge in [-0.1, -0.05) is 136 Å². The first-order valence-electron chi connectivity index (χ1n) is 18.7. The highest BCUT2D eigenvalue weighted by molar-refractivity contribution is 6.74. The van der Waals surface area contributed by atoms with Gasteiger partial charge in [0.1, 0.15) is 30.2 Å². The lowest BCUT2D eigenvalue weighted by molar-refractivity contribution is -0.0940. The molecular formula is C45H53N5O5Si. The number of nitrogens with zero attached hydrogens (tertiary/aromatic N) is 4. The van der Waals surface area contributed by atoms with Gasteiger partial charge in [0.2, 0.25) is 0 Å². The number of carbonyl (C=O) groups is 1. The Bertz CT molecular complexity index is 2190. The maximum absolute atomic E-state index is 13.1. The van der Waals surface area contributed by atoms with E-state index < -0.39 is 38.5 Å². The third-order valence-electron chi connectivity index (χ3n) is 11.0. The summed E-state index contributed by atoms with van der Waals surface area (Å²) in [6.45, 7) is 15.0. The van der Waals surface area contributed by atoms with Crippen LogP contribution in [0.2, 0.25) is 18.1 Å². The number of carbonyl (C=O) groups excluding carboxylic acids is 1. The highest BCUT2D eigenvalue weighted by atomic mass is 28.4. The molecular weight excluding hydrogens is 719 g/mol. The molecule has 4 aromatic carbocycles. The van der Waals surface area contributed by atoms with Gasteiger partial charge in [0.25, 0.3) is 5.91 Å². The number of hydrogen-bond donors (Lipinski definition) is 2. The van der Waals surface area contributed by atoms with Crippen LogP contribution >= 0.6 is 0 Å². The molecule has 1 fully saturated rings. The third-order valence-corrected chi connectivity index (χ3v) is 15.5. The molecule has 0 aliphatic carbocycles. The molecule has 292 valence electrons. The molecule has 0 spiro atoms. The van der Waals surface area contributed by atoms with E-state index in [9.17, 15) is 9.90 Å². The lowest BCUT2D eigenvalue weighted by Gasteiger charge is -2.40. The smallest absolute Gasteiger partial charge is 0.256 e. The number of aryl methyl sites for hydroxylation is 2. The zero-order valence-electron chi connectivity index (χ0n) is 32.4. The second kappa shape index (κ2) is 16.2. The van der Waals surface area contributed by atoms with E-state index in [1.165, 1.54) is 6.33 Å². The molecule has 2 aromatic heterocycles. The van der Waals surface area contributed by atoms with E-state index in [0.29, 0.717) is 16.7 Å². The molecule has 0 bridgehead atoms. The summed E-state index contributed by atoms with van der Waals surface area (Å²) in [6.07, 6.45) is -0.481. The minimum absolute atomic E-state index is 0. The Labute approximate surface area is 331 Å². The van der Waals surface area contributed by atoms with Crippen molar-refractivity contribution in [3.05, 3.63) is 155 Å². The van der Waals surface area contributed by atoms with Gasteiger partial charge in [0, 0.05) is 5.56 Å². The van der Waals surface area contributed by atoms with Crippen LogP contribution in [-0.2, 0) is 19.5 Å². The van der Waals surface area contributed by atoms with Crippen molar-refractivity contribution in [2.45, 2.75) is 90.3 Å². The highest BCUT2D eigenvalue weighted by Gasteiger charge is 2.52. The zero-order valence-corrected chi connectivity index (χ0v) is 33.4. The summed E-state index contributed by atoms with van der Waals surface area (Å²) >= 11 is 0. The fourth-order valence-electron chi connectivity index (χ4n) is 6.83. The highest BCUT2D eigenvalue weighted by Crippen LogP contribution is 2.45. The Morgan fingerprint density at radius 3 is 1.95 bits per heavy atom. The predicted octanol–water partition coefficient (Wildman–Crippen LogP) is 8.99. The molecule has 1 saturated heterocycles. The van der Waals surface area contributed by atoms with Crippen LogP contribution in [0.1, 0.15) is 72.6 Å². The second-order valence-corrected chi connectivity index (χ2v) is 20.6. The molecule has 0 saturated carbocycles. The monoisotopic (exact) mass is 771 g/mol. The van der Waals surface area contributed by atoms with Gasteiger partial charge in [0.05, 0.1) is 12.9 Å². The van der Waals surface area contributed by atoms with Gasteiger partial charge in [-0.3, -0.25) is 9.36 Å². The zero-order chi connectivity index (χ0) is 39.0. The first-order valence-corrected chi connectivity index (χ1v) is 21.6. The van der Waals surface area contributed by atoms with Gasteiger partial charge < -0.3 is 24.3 Å². The van der Waals surface area contributed by atoms with Gasteiger partial charge in [0.15, 0.2) is 31.5 Å². The van der Waals surface area contributed by atoms with Gasteiger partial charge >= 0.3 is 0 Å². The van der Waals surface area contributed by atoms with Crippen molar-refractivity contribution in [3.8, 4) is 0 Å². The number of aliphatic hydroxyl groups excluding tert-OH is 1. The van der Waals surface area contributed by atoms with Crippen molar-refractivity contribution < 1.29 is 23.8 Å². The maximum atomic E-state index is 13.1. The van der Waals surface area contributed by atoms with Gasteiger partial charge in [-0.05, 0) is 60.8 Å². The van der Waals surface area contributed by atoms with Crippen molar-refractivity contribution in [2.75, 3.05) is 11.9 Å². The Hall–Kier alpha value is -5.04. The van der Waals surface area contributed by atoms with Crippen molar-refractivity contribution in [2.24, 2.45) is 0 Å². The lowest BCUT2D eigenvalue weighted by Crippen LogP contribution is -2.49. The van der Waals surface area contributed by atoms with Crippen molar-refractivity contribution in [1.29, 1.82) is 0 Å². The average molecular weight is 772 g/mol. The molecule has 1 unspecified atom stereocenters. The molecule has 2 N–H and O–H groups in total. The van der Waals surface area contributed by atoms with Crippen LogP contribution in [0.25, 0.3) is 11.2 Å². The lowest BCUT2D eigenvalue weighted by atomic mass is 9.79.